The maximum absolute atomic E-state index is 11.6. The molecule has 0 saturated heterocycles. The van der Waals surface area contributed by atoms with Crippen LogP contribution in [0.1, 0.15) is 32.3 Å². The van der Waals surface area contributed by atoms with Gasteiger partial charge in [-0.2, -0.15) is 0 Å². The van der Waals surface area contributed by atoms with E-state index in [1.165, 1.54) is 0 Å². The van der Waals surface area contributed by atoms with Crippen LogP contribution in [-0.4, -0.2) is 11.9 Å². The smallest absolute Gasteiger partial charge is 0.248 e. The summed E-state index contributed by atoms with van der Waals surface area (Å²) in [7, 11) is 0. The largest absolute Gasteiger partial charge is 0.272 e. The van der Waals surface area contributed by atoms with E-state index in [0.717, 1.165) is 5.56 Å². The van der Waals surface area contributed by atoms with Gasteiger partial charge in [-0.15, -0.1) is 0 Å². The van der Waals surface area contributed by atoms with E-state index < -0.39 is 0 Å². The third-order valence-electron chi connectivity index (χ3n) is 2.06. The molecule has 1 amide bonds. The number of hydrogen-bond acceptors (Lipinski definition) is 1. The van der Waals surface area contributed by atoms with Gasteiger partial charge >= 0.3 is 0 Å². The first kappa shape index (κ1) is 10.8. The first-order valence-electron chi connectivity index (χ1n) is 4.91. The molecule has 0 fully saturated rings. The van der Waals surface area contributed by atoms with E-state index in [4.69, 9.17) is 0 Å². The van der Waals surface area contributed by atoms with Crippen molar-refractivity contribution in [1.29, 1.82) is 0 Å². The lowest BCUT2D eigenvalue weighted by Gasteiger charge is -2.12. The maximum Gasteiger partial charge on any atom is 0.248 e. The van der Waals surface area contributed by atoms with Crippen LogP contribution in [0.15, 0.2) is 30.3 Å². The second kappa shape index (κ2) is 4.80. The van der Waals surface area contributed by atoms with Crippen molar-refractivity contribution >= 4 is 5.91 Å². The lowest BCUT2D eigenvalue weighted by molar-refractivity contribution is -0.123. The van der Waals surface area contributed by atoms with Gasteiger partial charge in [0.25, 0.3) is 0 Å². The minimum Gasteiger partial charge on any atom is -0.272 e. The Labute approximate surface area is 85.3 Å². The standard InChI is InChI=1S/C12H16NO/c1-9(2)13-12(14)10(3)11-7-5-4-6-8-11/h4-10H,1-3H3. The van der Waals surface area contributed by atoms with E-state index in [1.54, 1.807) is 0 Å². The van der Waals surface area contributed by atoms with Crippen molar-refractivity contribution in [2.75, 3.05) is 0 Å². The summed E-state index contributed by atoms with van der Waals surface area (Å²) in [5.74, 6) is -0.162. The SMILES string of the molecule is CC(C)[N]C(=O)C(C)c1ccccc1. The van der Waals surface area contributed by atoms with E-state index in [9.17, 15) is 4.79 Å². The van der Waals surface area contributed by atoms with Gasteiger partial charge < -0.3 is 0 Å². The molecular formula is C12H16NO. The summed E-state index contributed by atoms with van der Waals surface area (Å²) >= 11 is 0. The molecule has 0 spiro atoms. The Morgan fingerprint density at radius 3 is 2.21 bits per heavy atom. The zero-order chi connectivity index (χ0) is 10.6. The van der Waals surface area contributed by atoms with E-state index in [-0.39, 0.29) is 17.9 Å². The second-order valence-electron chi connectivity index (χ2n) is 3.69. The van der Waals surface area contributed by atoms with E-state index in [0.29, 0.717) is 0 Å². The highest BCUT2D eigenvalue weighted by Crippen LogP contribution is 2.14. The van der Waals surface area contributed by atoms with Crippen molar-refractivity contribution in [3.63, 3.8) is 0 Å². The normalized spacial score (nSPS) is 12.6. The van der Waals surface area contributed by atoms with Crippen molar-refractivity contribution in [3.05, 3.63) is 35.9 Å². The molecule has 75 valence electrons. The van der Waals surface area contributed by atoms with Gasteiger partial charge in [0.05, 0.1) is 5.92 Å². The third kappa shape index (κ3) is 2.87. The molecule has 14 heavy (non-hydrogen) atoms. The van der Waals surface area contributed by atoms with E-state index in [1.807, 2.05) is 51.1 Å². The van der Waals surface area contributed by atoms with Gasteiger partial charge in [-0.3, -0.25) is 4.79 Å². The Bertz CT molecular complexity index is 292. The van der Waals surface area contributed by atoms with Gasteiger partial charge in [0, 0.05) is 6.04 Å². The highest BCUT2D eigenvalue weighted by atomic mass is 16.1. The van der Waals surface area contributed by atoms with Crippen molar-refractivity contribution in [2.24, 2.45) is 0 Å². The highest BCUT2D eigenvalue weighted by Gasteiger charge is 2.16. The van der Waals surface area contributed by atoms with Gasteiger partial charge in [0.15, 0.2) is 0 Å². The first-order valence-corrected chi connectivity index (χ1v) is 4.91. The fraction of sp³-hybridized carbons (Fsp3) is 0.417. The fourth-order valence-corrected chi connectivity index (χ4v) is 1.25. The molecule has 1 radical (unpaired) electrons. The number of amides is 1. The first-order chi connectivity index (χ1) is 6.61. The minimum absolute atomic E-state index is 0.0359. The Morgan fingerprint density at radius 2 is 1.71 bits per heavy atom. The minimum atomic E-state index is -0.126. The number of benzene rings is 1. The van der Waals surface area contributed by atoms with Gasteiger partial charge in [-0.1, -0.05) is 30.3 Å². The van der Waals surface area contributed by atoms with Gasteiger partial charge in [-0.05, 0) is 26.3 Å². The second-order valence-corrected chi connectivity index (χ2v) is 3.69. The van der Waals surface area contributed by atoms with Crippen LogP contribution >= 0.6 is 0 Å². The third-order valence-corrected chi connectivity index (χ3v) is 2.06. The van der Waals surface area contributed by atoms with Crippen LogP contribution in [0.3, 0.4) is 0 Å². The lowest BCUT2D eigenvalue weighted by Crippen LogP contribution is -2.26. The molecule has 0 bridgehead atoms. The molecule has 0 aliphatic rings. The molecule has 0 aliphatic carbocycles. The zero-order valence-corrected chi connectivity index (χ0v) is 8.90. The maximum atomic E-state index is 11.6. The average Bonchev–Trinajstić information content (AvgIpc) is 2.17. The average molecular weight is 190 g/mol. The molecule has 0 N–H and O–H groups in total. The van der Waals surface area contributed by atoms with Crippen LogP contribution in [0.25, 0.3) is 0 Å². The molecule has 1 aromatic carbocycles. The van der Waals surface area contributed by atoms with Crippen molar-refractivity contribution in [1.82, 2.24) is 5.32 Å². The van der Waals surface area contributed by atoms with Crippen molar-refractivity contribution in [3.8, 4) is 0 Å². The van der Waals surface area contributed by atoms with Gasteiger partial charge in [0.1, 0.15) is 0 Å². The summed E-state index contributed by atoms with van der Waals surface area (Å²) in [5, 5.41) is 4.01. The summed E-state index contributed by atoms with van der Waals surface area (Å²) < 4.78 is 0. The molecular weight excluding hydrogens is 174 g/mol. The zero-order valence-electron chi connectivity index (χ0n) is 8.90. The molecule has 0 saturated carbocycles. The predicted octanol–water partition coefficient (Wildman–Crippen LogP) is 2.33. The summed E-state index contributed by atoms with van der Waals surface area (Å²) in [6.45, 7) is 5.72. The van der Waals surface area contributed by atoms with Crippen LogP contribution in [0, 0.1) is 0 Å². The number of rotatable bonds is 3. The summed E-state index contributed by atoms with van der Waals surface area (Å²) in [5.41, 5.74) is 1.03. The number of carbonyl (C=O) groups excluding carboxylic acids is 1. The molecule has 0 aromatic heterocycles. The molecule has 0 aliphatic heterocycles. The van der Waals surface area contributed by atoms with Crippen molar-refractivity contribution in [2.45, 2.75) is 32.7 Å². The van der Waals surface area contributed by atoms with E-state index >= 15 is 0 Å². The van der Waals surface area contributed by atoms with Crippen LogP contribution in [0.5, 0.6) is 0 Å². The van der Waals surface area contributed by atoms with Gasteiger partial charge in [0.2, 0.25) is 5.91 Å². The number of hydrogen-bond donors (Lipinski definition) is 0. The Kier molecular flexibility index (Phi) is 3.69. The number of nitrogens with zero attached hydrogens (tertiary/aromatic N) is 1. The highest BCUT2D eigenvalue weighted by molar-refractivity contribution is 5.83. The molecule has 2 nitrogen and oxygen atoms in total. The van der Waals surface area contributed by atoms with Crippen LogP contribution in [0.2, 0.25) is 0 Å². The van der Waals surface area contributed by atoms with Crippen LogP contribution < -0.4 is 5.32 Å². The molecule has 0 heterocycles. The molecule has 1 aromatic rings. The topological polar surface area (TPSA) is 31.2 Å². The molecule has 1 unspecified atom stereocenters. The molecule has 1 rings (SSSR count). The summed E-state index contributed by atoms with van der Waals surface area (Å²) in [4.78, 5) is 11.6. The Morgan fingerprint density at radius 1 is 1.14 bits per heavy atom. The van der Waals surface area contributed by atoms with Crippen molar-refractivity contribution < 1.29 is 4.79 Å². The quantitative estimate of drug-likeness (QED) is 0.719. The summed E-state index contributed by atoms with van der Waals surface area (Å²) in [6.07, 6.45) is 0. The summed E-state index contributed by atoms with van der Waals surface area (Å²) in [6, 6.07) is 9.81. The Hall–Kier alpha value is -1.31. The molecule has 2 heteroatoms. The predicted molar refractivity (Wildman–Crippen MR) is 57.1 cm³/mol. The van der Waals surface area contributed by atoms with Crippen LogP contribution in [-0.2, 0) is 4.79 Å². The van der Waals surface area contributed by atoms with Gasteiger partial charge in [-0.25, -0.2) is 5.32 Å². The lowest BCUT2D eigenvalue weighted by atomic mass is 10.0. The number of carbonyl (C=O) groups is 1. The van der Waals surface area contributed by atoms with E-state index in [2.05, 4.69) is 5.32 Å². The van der Waals surface area contributed by atoms with Crippen LogP contribution in [0.4, 0.5) is 0 Å². The fourth-order valence-electron chi connectivity index (χ4n) is 1.25. The Balaban J connectivity index is 2.66. The monoisotopic (exact) mass is 190 g/mol. The molecule has 1 atom stereocenters.